The summed E-state index contributed by atoms with van der Waals surface area (Å²) in [6.07, 6.45) is 0. The van der Waals surface area contributed by atoms with Gasteiger partial charge in [-0.15, -0.1) is 0 Å². The first-order chi connectivity index (χ1) is 15.4. The number of rotatable bonds is 6. The zero-order valence-electron chi connectivity index (χ0n) is 16.3. The summed E-state index contributed by atoms with van der Waals surface area (Å²) >= 11 is 1.18. The van der Waals surface area contributed by atoms with Crippen LogP contribution in [0.2, 0.25) is 0 Å². The van der Waals surface area contributed by atoms with Crippen molar-refractivity contribution in [1.29, 1.82) is 0 Å². The minimum Gasteiger partial charge on any atom is -0.298 e. The van der Waals surface area contributed by atoms with E-state index in [4.69, 9.17) is 0 Å². The van der Waals surface area contributed by atoms with Gasteiger partial charge >= 0.3 is 0 Å². The Morgan fingerprint density at radius 1 is 0.812 bits per heavy atom. The molecule has 3 aromatic carbocycles. The van der Waals surface area contributed by atoms with Gasteiger partial charge in [-0.2, -0.15) is 0 Å². The van der Waals surface area contributed by atoms with Crippen LogP contribution in [0.4, 0.5) is 16.5 Å². The number of carbonyl (C=O) groups is 1. The summed E-state index contributed by atoms with van der Waals surface area (Å²) < 4.78 is 0. The van der Waals surface area contributed by atoms with E-state index < -0.39 is 15.8 Å². The Labute approximate surface area is 185 Å². The maximum Gasteiger partial charge on any atom is 0.282 e. The molecule has 0 aliphatic rings. The molecular weight excluding hydrogens is 432 g/mol. The van der Waals surface area contributed by atoms with Crippen molar-refractivity contribution in [1.82, 2.24) is 4.98 Å². The van der Waals surface area contributed by atoms with Crippen LogP contribution in [0, 0.1) is 20.2 Å². The average molecular weight is 446 g/mol. The SMILES string of the molecule is O=C(Nc1nc(-c2ccccc2)c(-c2ccc([N+](=O)[O-])cc2)s1)c1ccccc1[N+](=O)[O-]. The second-order valence-electron chi connectivity index (χ2n) is 6.60. The number of thiazole rings is 1. The second kappa shape index (κ2) is 8.74. The van der Waals surface area contributed by atoms with E-state index in [1.807, 2.05) is 30.3 Å². The molecule has 0 saturated heterocycles. The Morgan fingerprint density at radius 2 is 1.47 bits per heavy atom. The quantitative estimate of drug-likeness (QED) is 0.306. The van der Waals surface area contributed by atoms with E-state index in [0.29, 0.717) is 16.1 Å². The third-order valence-corrected chi connectivity index (χ3v) is 5.60. The zero-order chi connectivity index (χ0) is 22.7. The van der Waals surface area contributed by atoms with Gasteiger partial charge < -0.3 is 0 Å². The number of hydrogen-bond donors (Lipinski definition) is 1. The van der Waals surface area contributed by atoms with Crippen molar-refractivity contribution >= 4 is 33.8 Å². The van der Waals surface area contributed by atoms with Crippen LogP contribution in [0.1, 0.15) is 10.4 Å². The van der Waals surface area contributed by atoms with Crippen LogP contribution in [0.15, 0.2) is 78.9 Å². The number of nitro groups is 2. The lowest BCUT2D eigenvalue weighted by Crippen LogP contribution is -2.13. The number of nitrogens with zero attached hydrogens (tertiary/aromatic N) is 3. The first kappa shape index (κ1) is 20.8. The van der Waals surface area contributed by atoms with Gasteiger partial charge in [-0.1, -0.05) is 53.8 Å². The molecule has 9 nitrogen and oxygen atoms in total. The molecule has 32 heavy (non-hydrogen) atoms. The number of benzene rings is 3. The van der Waals surface area contributed by atoms with Crippen molar-refractivity contribution < 1.29 is 14.6 Å². The van der Waals surface area contributed by atoms with Gasteiger partial charge in [-0.25, -0.2) is 4.98 Å². The van der Waals surface area contributed by atoms with Gasteiger partial charge in [0.25, 0.3) is 17.3 Å². The number of non-ortho nitro benzene ring substituents is 1. The molecule has 0 saturated carbocycles. The number of carbonyl (C=O) groups excluding carboxylic acids is 1. The first-order valence-electron chi connectivity index (χ1n) is 9.30. The van der Waals surface area contributed by atoms with Gasteiger partial charge in [-0.05, 0) is 23.8 Å². The minimum absolute atomic E-state index is 0.0376. The van der Waals surface area contributed by atoms with Gasteiger partial charge in [0.2, 0.25) is 0 Å². The number of anilines is 1. The number of aromatic nitrogens is 1. The topological polar surface area (TPSA) is 128 Å². The number of nitrogens with one attached hydrogen (secondary N) is 1. The Hall–Kier alpha value is -4.44. The molecule has 4 aromatic rings. The Morgan fingerprint density at radius 3 is 2.12 bits per heavy atom. The molecule has 158 valence electrons. The molecule has 0 bridgehead atoms. The fraction of sp³-hybridized carbons (Fsp3) is 0. The predicted octanol–water partition coefficient (Wildman–Crippen LogP) is 5.55. The molecule has 0 aliphatic heterocycles. The third kappa shape index (κ3) is 4.20. The fourth-order valence-corrected chi connectivity index (χ4v) is 4.07. The van der Waals surface area contributed by atoms with Crippen molar-refractivity contribution in [2.75, 3.05) is 5.32 Å². The van der Waals surface area contributed by atoms with E-state index in [-0.39, 0.29) is 22.1 Å². The van der Waals surface area contributed by atoms with Crippen LogP contribution in [0.5, 0.6) is 0 Å². The van der Waals surface area contributed by atoms with Gasteiger partial charge in [0.1, 0.15) is 5.56 Å². The van der Waals surface area contributed by atoms with E-state index in [1.165, 1.54) is 41.7 Å². The molecule has 0 fully saturated rings. The van der Waals surface area contributed by atoms with Crippen molar-refractivity contribution in [2.24, 2.45) is 0 Å². The summed E-state index contributed by atoms with van der Waals surface area (Å²) in [5, 5.41) is 25.1. The number of para-hydroxylation sites is 1. The highest BCUT2D eigenvalue weighted by Crippen LogP contribution is 2.39. The van der Waals surface area contributed by atoms with Crippen molar-refractivity contribution in [3.8, 4) is 21.7 Å². The lowest BCUT2D eigenvalue weighted by molar-refractivity contribution is -0.385. The van der Waals surface area contributed by atoms with Crippen LogP contribution in [0.3, 0.4) is 0 Å². The molecule has 1 heterocycles. The fourth-order valence-electron chi connectivity index (χ4n) is 3.08. The normalized spacial score (nSPS) is 10.5. The minimum atomic E-state index is -0.652. The van der Waals surface area contributed by atoms with E-state index in [1.54, 1.807) is 18.2 Å². The largest absolute Gasteiger partial charge is 0.298 e. The molecule has 0 spiro atoms. The van der Waals surface area contributed by atoms with E-state index in [9.17, 15) is 25.0 Å². The third-order valence-electron chi connectivity index (χ3n) is 4.58. The smallest absolute Gasteiger partial charge is 0.282 e. The van der Waals surface area contributed by atoms with Gasteiger partial charge in [0, 0.05) is 23.8 Å². The molecule has 1 aromatic heterocycles. The molecule has 0 atom stereocenters. The molecule has 1 N–H and O–H groups in total. The van der Waals surface area contributed by atoms with Crippen LogP contribution >= 0.6 is 11.3 Å². The van der Waals surface area contributed by atoms with Crippen LogP contribution in [-0.4, -0.2) is 20.7 Å². The highest BCUT2D eigenvalue weighted by atomic mass is 32.1. The van der Waals surface area contributed by atoms with Crippen LogP contribution in [-0.2, 0) is 0 Å². The Kier molecular flexibility index (Phi) is 5.69. The summed E-state index contributed by atoms with van der Waals surface area (Å²) in [6, 6.07) is 21.0. The first-order valence-corrected chi connectivity index (χ1v) is 10.1. The number of nitro benzene ring substituents is 2. The maximum atomic E-state index is 12.7. The summed E-state index contributed by atoms with van der Waals surface area (Å²) in [7, 11) is 0. The van der Waals surface area contributed by atoms with E-state index in [2.05, 4.69) is 10.3 Å². The van der Waals surface area contributed by atoms with Gasteiger partial charge in [-0.3, -0.25) is 30.3 Å². The highest BCUT2D eigenvalue weighted by molar-refractivity contribution is 7.19. The Balaban J connectivity index is 1.74. The summed E-state index contributed by atoms with van der Waals surface area (Å²) in [5.41, 5.74) is 1.65. The molecule has 0 radical (unpaired) electrons. The monoisotopic (exact) mass is 446 g/mol. The van der Waals surface area contributed by atoms with Gasteiger partial charge in [0.05, 0.1) is 20.4 Å². The number of amides is 1. The van der Waals surface area contributed by atoms with Crippen molar-refractivity contribution in [3.05, 3.63) is 105 Å². The molecule has 0 aliphatic carbocycles. The summed E-state index contributed by atoms with van der Waals surface area (Å²) in [6.45, 7) is 0. The van der Waals surface area contributed by atoms with E-state index >= 15 is 0 Å². The van der Waals surface area contributed by atoms with E-state index in [0.717, 1.165) is 5.56 Å². The van der Waals surface area contributed by atoms with Crippen molar-refractivity contribution in [3.63, 3.8) is 0 Å². The zero-order valence-corrected chi connectivity index (χ0v) is 17.1. The van der Waals surface area contributed by atoms with Crippen molar-refractivity contribution in [2.45, 2.75) is 0 Å². The summed E-state index contributed by atoms with van der Waals surface area (Å²) in [5.74, 6) is -0.652. The molecule has 0 unspecified atom stereocenters. The molecule has 4 rings (SSSR count). The highest BCUT2D eigenvalue weighted by Gasteiger charge is 2.22. The molecular formula is C22H14N4O5S. The maximum absolute atomic E-state index is 12.7. The average Bonchev–Trinajstić information content (AvgIpc) is 3.23. The molecule has 10 heteroatoms. The molecule has 1 amide bonds. The van der Waals surface area contributed by atoms with Gasteiger partial charge in [0.15, 0.2) is 5.13 Å². The van der Waals surface area contributed by atoms with Crippen LogP contribution in [0.25, 0.3) is 21.7 Å². The predicted molar refractivity (Wildman–Crippen MR) is 121 cm³/mol. The van der Waals surface area contributed by atoms with Crippen LogP contribution < -0.4 is 5.32 Å². The lowest BCUT2D eigenvalue weighted by Gasteiger charge is -2.02. The lowest BCUT2D eigenvalue weighted by atomic mass is 10.1. The Bertz CT molecular complexity index is 1320. The second-order valence-corrected chi connectivity index (χ2v) is 7.59. The number of hydrogen-bond acceptors (Lipinski definition) is 7. The summed E-state index contributed by atoms with van der Waals surface area (Å²) in [4.78, 5) is 39.1. The standard InChI is InChI=1S/C22H14N4O5S/c27-21(17-8-4-5-9-18(17)26(30)31)24-22-23-19(14-6-2-1-3-7-14)20(32-22)15-10-12-16(13-11-15)25(28)29/h1-13H,(H,23,24,27).